The molecular formula is C30H43B2NO2. The van der Waals surface area contributed by atoms with Crippen molar-refractivity contribution in [3.63, 3.8) is 0 Å². The molecule has 4 rings (SSSR count). The molecule has 5 heteroatoms. The molecule has 0 unspecified atom stereocenters. The maximum absolute atomic E-state index is 9.21. The van der Waals surface area contributed by atoms with Gasteiger partial charge in [0.1, 0.15) is 0 Å². The van der Waals surface area contributed by atoms with Crippen molar-refractivity contribution < 1.29 is 9.68 Å². The van der Waals surface area contributed by atoms with Crippen LogP contribution in [-0.2, 0) is 11.3 Å². The minimum Gasteiger partial charge on any atom is -0.446 e. The molecule has 2 aromatic carbocycles. The van der Waals surface area contributed by atoms with Crippen LogP contribution in [0.5, 0.6) is 0 Å². The Morgan fingerprint density at radius 2 is 1.46 bits per heavy atom. The van der Waals surface area contributed by atoms with Crippen molar-refractivity contribution >= 4 is 24.8 Å². The van der Waals surface area contributed by atoms with Crippen LogP contribution >= 0.6 is 0 Å². The molecule has 3 aromatic rings. The summed E-state index contributed by atoms with van der Waals surface area (Å²) in [5.41, 5.74) is 8.85. The fourth-order valence-corrected chi connectivity index (χ4v) is 3.77. The lowest BCUT2D eigenvalue weighted by Crippen LogP contribution is -2.26. The number of fused-ring (bicyclic) bond motifs is 1. The summed E-state index contributed by atoms with van der Waals surface area (Å²) in [7, 11) is 0. The molecule has 0 fully saturated rings. The predicted molar refractivity (Wildman–Crippen MR) is 154 cm³/mol. The second kappa shape index (κ2) is 13.7. The predicted octanol–water partition coefficient (Wildman–Crippen LogP) is 6.31. The van der Waals surface area contributed by atoms with E-state index < -0.39 is 6.92 Å². The summed E-state index contributed by atoms with van der Waals surface area (Å²) >= 11 is 0. The number of rotatable bonds is 4. The first-order valence-electron chi connectivity index (χ1n) is 12.9. The zero-order valence-electron chi connectivity index (χ0n) is 23.2. The van der Waals surface area contributed by atoms with Crippen molar-refractivity contribution in [3.05, 3.63) is 88.7 Å². The highest BCUT2D eigenvalue weighted by Crippen LogP contribution is 2.18. The molecule has 0 radical (unpaired) electrons. The Morgan fingerprint density at radius 3 is 1.94 bits per heavy atom. The van der Waals surface area contributed by atoms with Gasteiger partial charge in [0.05, 0.1) is 6.61 Å². The van der Waals surface area contributed by atoms with Gasteiger partial charge in [0.25, 0.3) is 0 Å². The van der Waals surface area contributed by atoms with E-state index in [4.69, 9.17) is 4.65 Å². The summed E-state index contributed by atoms with van der Waals surface area (Å²) in [5.74, 6) is 1.72. The van der Waals surface area contributed by atoms with Gasteiger partial charge in [-0.3, -0.25) is 4.98 Å². The van der Waals surface area contributed by atoms with Crippen LogP contribution in [0.15, 0.2) is 60.8 Å². The van der Waals surface area contributed by atoms with Crippen molar-refractivity contribution in [2.24, 2.45) is 0 Å². The van der Waals surface area contributed by atoms with Gasteiger partial charge in [-0.2, -0.15) is 0 Å². The maximum Gasteiger partial charge on any atom is 0.324 e. The highest BCUT2D eigenvalue weighted by Gasteiger charge is 2.23. The molecule has 1 aliphatic rings. The molecule has 0 saturated carbocycles. The van der Waals surface area contributed by atoms with Crippen molar-refractivity contribution in [3.8, 4) is 0 Å². The minimum absolute atomic E-state index is 0.288. The number of benzene rings is 2. The first-order valence-corrected chi connectivity index (χ1v) is 12.9. The van der Waals surface area contributed by atoms with E-state index in [0.29, 0.717) is 17.8 Å². The Kier molecular flexibility index (Phi) is 11.3. The number of hydrogen-bond donors (Lipinski definition) is 1. The van der Waals surface area contributed by atoms with E-state index >= 15 is 0 Å². The average Bonchev–Trinajstić information content (AvgIpc) is 3.20. The molecule has 0 spiro atoms. The van der Waals surface area contributed by atoms with E-state index in [2.05, 4.69) is 103 Å². The normalized spacial score (nSPS) is 12.2. The molecule has 0 saturated heterocycles. The summed E-state index contributed by atoms with van der Waals surface area (Å²) in [6.45, 7) is 19.7. The zero-order chi connectivity index (χ0) is 26.1. The molecule has 0 amide bonds. The van der Waals surface area contributed by atoms with Crippen LogP contribution in [0.25, 0.3) is 0 Å². The van der Waals surface area contributed by atoms with E-state index in [0.717, 1.165) is 17.8 Å². The van der Waals surface area contributed by atoms with Gasteiger partial charge in [0.15, 0.2) is 0 Å². The lowest BCUT2D eigenvalue weighted by molar-refractivity contribution is 0.333. The van der Waals surface area contributed by atoms with Gasteiger partial charge in [-0.05, 0) is 58.4 Å². The third kappa shape index (κ3) is 8.98. The fourth-order valence-electron chi connectivity index (χ4n) is 3.77. The summed E-state index contributed by atoms with van der Waals surface area (Å²) in [5, 5.41) is 9.21. The Balaban J connectivity index is 0.000000187. The van der Waals surface area contributed by atoms with E-state index in [1.807, 2.05) is 12.1 Å². The molecule has 0 bridgehead atoms. The highest BCUT2D eigenvalue weighted by atomic mass is 16.4. The first-order chi connectivity index (χ1) is 16.5. The standard InChI is InChI=1S/C11H15BO.C10H14.C9H14BNO/c1-8(2)9-4-5-11-10(6-9)7-13-12(11)3;1-8(2)10-6-4-9(3)5-7-10;1-7(2)9-5-4-8(6-11-9)10(3)12/h4-6,8H,7H2,1-3H3;4-8H,1-3H3;4-7,12H,1-3H3. The maximum atomic E-state index is 9.21. The van der Waals surface area contributed by atoms with E-state index in [-0.39, 0.29) is 6.92 Å². The Hall–Kier alpha value is -2.36. The van der Waals surface area contributed by atoms with Crippen LogP contribution in [0.2, 0.25) is 13.6 Å². The molecule has 35 heavy (non-hydrogen) atoms. The minimum atomic E-state index is -0.418. The molecule has 0 aliphatic carbocycles. The smallest absolute Gasteiger partial charge is 0.324 e. The number of aryl methyl sites for hydroxylation is 1. The van der Waals surface area contributed by atoms with Crippen molar-refractivity contribution in [2.45, 2.75) is 86.5 Å². The molecule has 3 nitrogen and oxygen atoms in total. The number of hydrogen-bond acceptors (Lipinski definition) is 3. The third-order valence-corrected chi connectivity index (χ3v) is 6.39. The summed E-state index contributed by atoms with van der Waals surface area (Å²) in [4.78, 5) is 4.24. The largest absolute Gasteiger partial charge is 0.446 e. The van der Waals surface area contributed by atoms with Crippen molar-refractivity contribution in [2.75, 3.05) is 0 Å². The molecular weight excluding hydrogens is 428 g/mol. The van der Waals surface area contributed by atoms with Gasteiger partial charge < -0.3 is 9.68 Å². The zero-order valence-corrected chi connectivity index (χ0v) is 23.2. The molecule has 186 valence electrons. The average molecular weight is 471 g/mol. The molecule has 1 aliphatic heterocycles. The van der Waals surface area contributed by atoms with Gasteiger partial charge in [0.2, 0.25) is 0 Å². The number of nitrogens with zero attached hydrogens (tertiary/aromatic N) is 1. The van der Waals surface area contributed by atoms with Crippen LogP contribution < -0.4 is 10.9 Å². The molecule has 2 heterocycles. The van der Waals surface area contributed by atoms with E-state index in [1.165, 1.54) is 27.7 Å². The summed E-state index contributed by atoms with van der Waals surface area (Å²) in [6, 6.07) is 19.3. The van der Waals surface area contributed by atoms with Crippen LogP contribution in [-0.4, -0.2) is 23.8 Å². The number of aromatic nitrogens is 1. The lowest BCUT2D eigenvalue weighted by atomic mass is 9.64. The van der Waals surface area contributed by atoms with Gasteiger partial charge in [0, 0.05) is 11.9 Å². The Bertz CT molecular complexity index is 1000. The molecule has 1 N–H and O–H groups in total. The van der Waals surface area contributed by atoms with Crippen LogP contribution in [0, 0.1) is 6.92 Å². The van der Waals surface area contributed by atoms with Gasteiger partial charge in [-0.25, -0.2) is 0 Å². The van der Waals surface area contributed by atoms with Crippen molar-refractivity contribution in [1.82, 2.24) is 4.98 Å². The van der Waals surface area contributed by atoms with Gasteiger partial charge in [-0.1, -0.05) is 109 Å². The topological polar surface area (TPSA) is 42.4 Å². The van der Waals surface area contributed by atoms with Crippen LogP contribution in [0.3, 0.4) is 0 Å². The molecule has 1 aromatic heterocycles. The number of pyridine rings is 1. The van der Waals surface area contributed by atoms with Gasteiger partial charge >= 0.3 is 13.8 Å². The van der Waals surface area contributed by atoms with Gasteiger partial charge in [-0.15, -0.1) is 0 Å². The van der Waals surface area contributed by atoms with Crippen LogP contribution in [0.1, 0.15) is 87.2 Å². The second-order valence-corrected chi connectivity index (χ2v) is 10.5. The Labute approximate surface area is 214 Å². The van der Waals surface area contributed by atoms with E-state index in [9.17, 15) is 5.02 Å². The highest BCUT2D eigenvalue weighted by molar-refractivity contribution is 6.67. The Morgan fingerprint density at radius 1 is 0.857 bits per heavy atom. The van der Waals surface area contributed by atoms with Crippen LogP contribution in [0.4, 0.5) is 0 Å². The summed E-state index contributed by atoms with van der Waals surface area (Å²) in [6.07, 6.45) is 1.74. The van der Waals surface area contributed by atoms with E-state index in [1.54, 1.807) is 13.0 Å². The quantitative estimate of drug-likeness (QED) is 0.454. The summed E-state index contributed by atoms with van der Waals surface area (Å²) < 4.78 is 5.56. The lowest BCUT2D eigenvalue weighted by Gasteiger charge is -2.07. The second-order valence-electron chi connectivity index (χ2n) is 10.5. The monoisotopic (exact) mass is 471 g/mol. The third-order valence-electron chi connectivity index (χ3n) is 6.39. The SMILES string of the molecule is CB(O)c1ccc(C(C)C)nc1.CB1OCc2cc(C(C)C)ccc21.Cc1ccc(C(C)C)cc1. The first kappa shape index (κ1) is 28.9. The fraction of sp³-hybridized carbons (Fsp3) is 0.433. The molecule has 0 atom stereocenters. The van der Waals surface area contributed by atoms with Crippen molar-refractivity contribution in [1.29, 1.82) is 0 Å².